The Balaban J connectivity index is 2.14. The van der Waals surface area contributed by atoms with Gasteiger partial charge in [-0.25, -0.2) is 4.98 Å². The van der Waals surface area contributed by atoms with Gasteiger partial charge in [-0.2, -0.15) is 0 Å². The maximum atomic E-state index is 4.79. The molecule has 2 aromatic rings. The Kier molecular flexibility index (Phi) is 6.28. The van der Waals surface area contributed by atoms with Gasteiger partial charge in [-0.3, -0.25) is 3.97 Å². The fraction of sp³-hybridized carbons (Fsp3) is 0.350. The van der Waals surface area contributed by atoms with Crippen molar-refractivity contribution in [2.75, 3.05) is 18.0 Å². The van der Waals surface area contributed by atoms with Gasteiger partial charge in [-0.05, 0) is 44.7 Å². The SMILES string of the molecule is C=C(C)/C=C(\C=C/C)c1cn(SI)c2ncc(N3CCCCC3)cc12. The molecule has 0 N–H and O–H groups in total. The molecule has 1 saturated heterocycles. The molecule has 1 fully saturated rings. The molecule has 5 heteroatoms. The van der Waals surface area contributed by atoms with Gasteiger partial charge < -0.3 is 4.90 Å². The summed E-state index contributed by atoms with van der Waals surface area (Å²) in [5.41, 5.74) is 5.71. The lowest BCUT2D eigenvalue weighted by molar-refractivity contribution is 0.577. The lowest BCUT2D eigenvalue weighted by Crippen LogP contribution is -2.29. The second-order valence-corrected chi connectivity index (χ2v) is 8.21. The van der Waals surface area contributed by atoms with Gasteiger partial charge in [0, 0.05) is 60.6 Å². The first kappa shape index (κ1) is 18.6. The maximum absolute atomic E-state index is 4.79. The Bertz CT molecular complexity index is 829. The van der Waals surface area contributed by atoms with Crippen molar-refractivity contribution in [3.05, 3.63) is 54.4 Å². The van der Waals surface area contributed by atoms with Crippen molar-refractivity contribution >= 4 is 52.6 Å². The number of anilines is 1. The molecule has 0 unspecified atom stereocenters. The molecule has 3 heterocycles. The summed E-state index contributed by atoms with van der Waals surface area (Å²) in [4.78, 5) is 7.26. The van der Waals surface area contributed by atoms with E-state index in [1.807, 2.05) is 13.1 Å². The Morgan fingerprint density at radius 1 is 1.32 bits per heavy atom. The minimum absolute atomic E-state index is 1.02. The number of hydrogen-bond donors (Lipinski definition) is 0. The van der Waals surface area contributed by atoms with Crippen molar-refractivity contribution in [2.45, 2.75) is 33.1 Å². The largest absolute Gasteiger partial charge is 0.370 e. The van der Waals surface area contributed by atoms with E-state index in [-0.39, 0.29) is 0 Å². The van der Waals surface area contributed by atoms with Gasteiger partial charge in [0.05, 0.1) is 11.9 Å². The van der Waals surface area contributed by atoms with E-state index in [4.69, 9.17) is 4.98 Å². The molecule has 132 valence electrons. The van der Waals surface area contributed by atoms with E-state index < -0.39 is 0 Å². The third-order valence-corrected chi connectivity index (χ3v) is 6.15. The molecule has 0 saturated carbocycles. The summed E-state index contributed by atoms with van der Waals surface area (Å²) in [6.45, 7) is 10.4. The third kappa shape index (κ3) is 4.14. The van der Waals surface area contributed by atoms with Gasteiger partial charge in [0.25, 0.3) is 0 Å². The van der Waals surface area contributed by atoms with E-state index in [9.17, 15) is 0 Å². The van der Waals surface area contributed by atoms with Crippen LogP contribution in [0.25, 0.3) is 16.6 Å². The summed E-state index contributed by atoms with van der Waals surface area (Å²) in [7, 11) is 1.65. The first-order valence-electron chi connectivity index (χ1n) is 8.69. The van der Waals surface area contributed by atoms with Crippen molar-refractivity contribution in [1.29, 1.82) is 0 Å². The fourth-order valence-electron chi connectivity index (χ4n) is 3.34. The van der Waals surface area contributed by atoms with Crippen LogP contribution in [-0.4, -0.2) is 22.0 Å². The van der Waals surface area contributed by atoms with Crippen LogP contribution >= 0.6 is 30.3 Å². The normalized spacial score (nSPS) is 16.1. The molecule has 0 bridgehead atoms. The zero-order valence-electron chi connectivity index (χ0n) is 14.8. The lowest BCUT2D eigenvalue weighted by Gasteiger charge is -2.28. The summed E-state index contributed by atoms with van der Waals surface area (Å²) in [5, 5.41) is 1.21. The summed E-state index contributed by atoms with van der Waals surface area (Å²) in [6.07, 6.45) is 14.5. The second-order valence-electron chi connectivity index (χ2n) is 6.50. The number of allylic oxidation sites excluding steroid dienone is 5. The summed E-state index contributed by atoms with van der Waals surface area (Å²) in [5.74, 6) is 0. The molecular weight excluding hydrogens is 441 g/mol. The Morgan fingerprint density at radius 2 is 2.08 bits per heavy atom. The van der Waals surface area contributed by atoms with E-state index in [0.717, 1.165) is 24.3 Å². The smallest absolute Gasteiger partial charge is 0.151 e. The van der Waals surface area contributed by atoms with Crippen molar-refractivity contribution in [1.82, 2.24) is 8.96 Å². The lowest BCUT2D eigenvalue weighted by atomic mass is 10.0. The van der Waals surface area contributed by atoms with Gasteiger partial charge in [0.2, 0.25) is 0 Å². The maximum Gasteiger partial charge on any atom is 0.151 e. The highest BCUT2D eigenvalue weighted by atomic mass is 127. The van der Waals surface area contributed by atoms with Crippen LogP contribution in [0.15, 0.2) is 48.8 Å². The number of pyridine rings is 1. The highest BCUT2D eigenvalue weighted by Crippen LogP contribution is 2.34. The molecule has 25 heavy (non-hydrogen) atoms. The van der Waals surface area contributed by atoms with Crippen LogP contribution in [0.2, 0.25) is 0 Å². The molecular formula is C20H24IN3S. The number of nitrogens with zero attached hydrogens (tertiary/aromatic N) is 3. The Labute approximate surface area is 166 Å². The molecule has 0 spiro atoms. The second kappa shape index (κ2) is 8.45. The molecule has 0 aromatic carbocycles. The predicted molar refractivity (Wildman–Crippen MR) is 120 cm³/mol. The number of halogens is 1. The summed E-state index contributed by atoms with van der Waals surface area (Å²) < 4.78 is 2.14. The van der Waals surface area contributed by atoms with Crippen LogP contribution in [-0.2, 0) is 0 Å². The van der Waals surface area contributed by atoms with Gasteiger partial charge in [-0.1, -0.05) is 30.4 Å². The zero-order valence-corrected chi connectivity index (χ0v) is 17.8. The highest BCUT2D eigenvalue weighted by Gasteiger charge is 2.16. The van der Waals surface area contributed by atoms with Gasteiger partial charge in [0.15, 0.2) is 5.65 Å². The highest BCUT2D eigenvalue weighted by molar-refractivity contribution is 14.2. The quantitative estimate of drug-likeness (QED) is 0.376. The van der Waals surface area contributed by atoms with Crippen LogP contribution in [0.4, 0.5) is 5.69 Å². The molecule has 1 aliphatic heterocycles. The minimum Gasteiger partial charge on any atom is -0.370 e. The van der Waals surface area contributed by atoms with E-state index in [1.54, 1.807) is 9.12 Å². The van der Waals surface area contributed by atoms with E-state index in [1.165, 1.54) is 41.5 Å². The van der Waals surface area contributed by atoms with Gasteiger partial charge in [0.1, 0.15) is 0 Å². The van der Waals surface area contributed by atoms with Crippen molar-refractivity contribution in [2.24, 2.45) is 0 Å². The molecule has 0 amide bonds. The molecule has 1 aliphatic rings. The molecule has 3 nitrogen and oxygen atoms in total. The van der Waals surface area contributed by atoms with Crippen molar-refractivity contribution in [3.8, 4) is 0 Å². The summed E-state index contributed by atoms with van der Waals surface area (Å²) in [6, 6.07) is 2.31. The monoisotopic (exact) mass is 465 g/mol. The zero-order chi connectivity index (χ0) is 17.8. The number of fused-ring (bicyclic) bond motifs is 1. The van der Waals surface area contributed by atoms with Crippen LogP contribution in [0.3, 0.4) is 0 Å². The molecule has 2 aromatic heterocycles. The van der Waals surface area contributed by atoms with Crippen molar-refractivity contribution in [3.63, 3.8) is 0 Å². The Morgan fingerprint density at radius 3 is 2.72 bits per heavy atom. The number of aromatic nitrogens is 2. The van der Waals surface area contributed by atoms with Gasteiger partial charge >= 0.3 is 0 Å². The van der Waals surface area contributed by atoms with Crippen LogP contribution in [0.1, 0.15) is 38.7 Å². The first-order chi connectivity index (χ1) is 12.1. The van der Waals surface area contributed by atoms with Crippen LogP contribution < -0.4 is 4.90 Å². The topological polar surface area (TPSA) is 21.1 Å². The first-order valence-corrected chi connectivity index (χ1v) is 12.0. The number of hydrogen-bond acceptors (Lipinski definition) is 3. The summed E-state index contributed by atoms with van der Waals surface area (Å²) >= 11 is 2.31. The fourth-order valence-corrected chi connectivity index (χ4v) is 4.59. The average Bonchev–Trinajstić information content (AvgIpc) is 2.99. The Hall–Kier alpha value is -1.21. The molecule has 0 atom stereocenters. The number of piperidine rings is 1. The van der Waals surface area contributed by atoms with Crippen LogP contribution in [0.5, 0.6) is 0 Å². The third-order valence-electron chi connectivity index (χ3n) is 4.45. The molecule has 0 aliphatic carbocycles. The average molecular weight is 465 g/mol. The van der Waals surface area contributed by atoms with E-state index >= 15 is 0 Å². The van der Waals surface area contributed by atoms with E-state index in [0.29, 0.717) is 0 Å². The van der Waals surface area contributed by atoms with Crippen molar-refractivity contribution < 1.29 is 0 Å². The standard InChI is InChI=1S/C20H24IN3S/c1-4-8-16(11-15(2)3)19-14-24(25-21)20-18(19)12-17(13-22-20)23-9-6-5-7-10-23/h4,8,11-14H,2,5-7,9-10H2,1,3H3/b8-4-,16-11+. The van der Waals surface area contributed by atoms with Crippen LogP contribution in [0, 0.1) is 0 Å². The predicted octanol–water partition coefficient (Wildman–Crippen LogP) is 6.41. The molecule has 0 radical (unpaired) electrons. The van der Waals surface area contributed by atoms with E-state index in [2.05, 4.69) is 74.1 Å². The minimum atomic E-state index is 1.02. The molecule has 3 rings (SSSR count). The number of rotatable bonds is 5. The van der Waals surface area contributed by atoms with Gasteiger partial charge in [-0.15, -0.1) is 0 Å².